The van der Waals surface area contributed by atoms with Gasteiger partial charge >= 0.3 is 5.97 Å². The highest BCUT2D eigenvalue weighted by Crippen LogP contribution is 2.11. The minimum Gasteiger partial charge on any atom is -0.469 e. The first-order valence-corrected chi connectivity index (χ1v) is 6.80. The number of carbonyl (C=O) groups excluding carboxylic acids is 1. The van der Waals surface area contributed by atoms with E-state index in [0.29, 0.717) is 6.54 Å². The van der Waals surface area contributed by atoms with Crippen molar-refractivity contribution in [2.45, 2.75) is 27.2 Å². The molecule has 0 saturated heterocycles. The van der Waals surface area contributed by atoms with Gasteiger partial charge < -0.3 is 4.74 Å². The van der Waals surface area contributed by atoms with Crippen molar-refractivity contribution in [3.63, 3.8) is 0 Å². The fourth-order valence-electron chi connectivity index (χ4n) is 0.889. The van der Waals surface area contributed by atoms with E-state index in [2.05, 4.69) is 9.46 Å². The summed E-state index contributed by atoms with van der Waals surface area (Å²) in [6.07, 6.45) is 0.0451. The number of hydrogen-bond donors (Lipinski definition) is 1. The fourth-order valence-corrected chi connectivity index (χ4v) is 2.06. The summed E-state index contributed by atoms with van der Waals surface area (Å²) in [5, 5.41) is 0. The summed E-state index contributed by atoms with van der Waals surface area (Å²) < 4.78 is 31.5. The van der Waals surface area contributed by atoms with Gasteiger partial charge in [-0.2, -0.15) is 12.7 Å². The van der Waals surface area contributed by atoms with E-state index < -0.39 is 16.2 Å². The van der Waals surface area contributed by atoms with E-state index in [-0.39, 0.29) is 18.4 Å². The third-order valence-corrected chi connectivity index (χ3v) is 3.57. The highest BCUT2D eigenvalue weighted by Gasteiger charge is 2.21. The monoisotopic (exact) mass is 266 g/mol. The van der Waals surface area contributed by atoms with Crippen molar-refractivity contribution in [2.24, 2.45) is 5.41 Å². The first kappa shape index (κ1) is 16.3. The van der Waals surface area contributed by atoms with Gasteiger partial charge in [0.05, 0.1) is 13.5 Å². The van der Waals surface area contributed by atoms with E-state index in [1.54, 1.807) is 0 Å². The second-order valence-corrected chi connectivity index (χ2v) is 6.90. The van der Waals surface area contributed by atoms with Crippen molar-refractivity contribution in [1.29, 1.82) is 0 Å². The Labute approximate surface area is 104 Å². The van der Waals surface area contributed by atoms with Crippen molar-refractivity contribution < 1.29 is 17.9 Å². The van der Waals surface area contributed by atoms with E-state index in [9.17, 15) is 13.2 Å². The van der Waals surface area contributed by atoms with Gasteiger partial charge in [0.1, 0.15) is 0 Å². The molecule has 6 nitrogen and oxygen atoms in total. The average Bonchev–Trinajstić information content (AvgIpc) is 2.21. The molecule has 0 amide bonds. The third kappa shape index (κ3) is 7.30. The Bertz CT molecular complexity index is 346. The molecule has 0 aliphatic carbocycles. The zero-order valence-electron chi connectivity index (χ0n) is 11.1. The number of methoxy groups -OCH3 is 1. The molecule has 1 N–H and O–H groups in total. The van der Waals surface area contributed by atoms with Gasteiger partial charge in [0.25, 0.3) is 10.2 Å². The molecule has 0 bridgehead atoms. The van der Waals surface area contributed by atoms with E-state index >= 15 is 0 Å². The number of nitrogens with zero attached hydrogens (tertiary/aromatic N) is 1. The highest BCUT2D eigenvalue weighted by atomic mass is 32.2. The molecular weight excluding hydrogens is 244 g/mol. The minimum atomic E-state index is -3.52. The van der Waals surface area contributed by atoms with Crippen LogP contribution in [0.1, 0.15) is 27.2 Å². The topological polar surface area (TPSA) is 75.7 Å². The number of ether oxygens (including phenoxy) is 1. The Hall–Kier alpha value is -0.660. The minimum absolute atomic E-state index is 0.0451. The lowest BCUT2D eigenvalue weighted by atomic mass is 9.98. The zero-order valence-corrected chi connectivity index (χ0v) is 11.9. The molecule has 0 atom stereocenters. The Kier molecular flexibility index (Phi) is 6.08. The zero-order chi connectivity index (χ0) is 13.7. The van der Waals surface area contributed by atoms with Crippen LogP contribution >= 0.6 is 0 Å². The molecular formula is C10H22N2O4S. The number of esters is 1. The SMILES string of the molecule is COC(=O)CCN(C)S(=O)(=O)NCC(C)(C)C. The lowest BCUT2D eigenvalue weighted by molar-refractivity contribution is -0.140. The summed E-state index contributed by atoms with van der Waals surface area (Å²) in [5.74, 6) is -0.428. The highest BCUT2D eigenvalue weighted by molar-refractivity contribution is 7.87. The third-order valence-electron chi connectivity index (χ3n) is 2.05. The largest absolute Gasteiger partial charge is 0.469 e. The molecule has 0 aliphatic rings. The van der Waals surface area contributed by atoms with Crippen LogP contribution in [0.15, 0.2) is 0 Å². The molecule has 0 heterocycles. The molecule has 0 aliphatic heterocycles. The fraction of sp³-hybridized carbons (Fsp3) is 0.900. The Morgan fingerprint density at radius 1 is 1.35 bits per heavy atom. The standard InChI is InChI=1S/C10H22N2O4S/c1-10(2,3)8-11-17(14,15)12(4)7-6-9(13)16-5/h11H,6-8H2,1-5H3. The van der Waals surface area contributed by atoms with Crippen LogP contribution in [0, 0.1) is 5.41 Å². The van der Waals surface area contributed by atoms with E-state index in [4.69, 9.17) is 0 Å². The summed E-state index contributed by atoms with van der Waals surface area (Å²) in [5.41, 5.74) is -0.129. The number of hydrogen-bond acceptors (Lipinski definition) is 4. The number of rotatable bonds is 6. The van der Waals surface area contributed by atoms with Crippen molar-refractivity contribution in [3.8, 4) is 0 Å². The summed E-state index contributed by atoms with van der Waals surface area (Å²) in [6, 6.07) is 0. The van der Waals surface area contributed by atoms with Crippen LogP contribution in [0.3, 0.4) is 0 Å². The Balaban J connectivity index is 4.26. The Morgan fingerprint density at radius 2 is 1.88 bits per heavy atom. The van der Waals surface area contributed by atoms with Crippen molar-refractivity contribution in [2.75, 3.05) is 27.2 Å². The molecule has 0 radical (unpaired) electrons. The molecule has 17 heavy (non-hydrogen) atoms. The lowest BCUT2D eigenvalue weighted by Crippen LogP contribution is -2.42. The smallest absolute Gasteiger partial charge is 0.306 e. The van der Waals surface area contributed by atoms with Crippen LogP contribution in [0.5, 0.6) is 0 Å². The first-order valence-electron chi connectivity index (χ1n) is 5.36. The molecule has 0 rings (SSSR count). The van der Waals surface area contributed by atoms with Crippen LogP contribution in [-0.2, 0) is 19.7 Å². The van der Waals surface area contributed by atoms with Gasteiger partial charge in [-0.05, 0) is 5.41 Å². The van der Waals surface area contributed by atoms with Crippen molar-refractivity contribution in [3.05, 3.63) is 0 Å². The van der Waals surface area contributed by atoms with Crippen LogP contribution in [0.2, 0.25) is 0 Å². The molecule has 7 heteroatoms. The van der Waals surface area contributed by atoms with Gasteiger partial charge in [0.15, 0.2) is 0 Å². The molecule has 0 aromatic heterocycles. The molecule has 102 valence electrons. The first-order chi connectivity index (χ1) is 7.58. The average molecular weight is 266 g/mol. The maximum Gasteiger partial charge on any atom is 0.306 e. The molecule has 0 unspecified atom stereocenters. The van der Waals surface area contributed by atoms with Gasteiger partial charge in [0, 0.05) is 20.1 Å². The normalized spacial score (nSPS) is 12.8. The summed E-state index contributed by atoms with van der Waals surface area (Å²) in [4.78, 5) is 10.9. The van der Waals surface area contributed by atoms with Gasteiger partial charge in [0.2, 0.25) is 0 Å². The van der Waals surface area contributed by atoms with Crippen LogP contribution in [-0.4, -0.2) is 45.9 Å². The Morgan fingerprint density at radius 3 is 2.29 bits per heavy atom. The maximum absolute atomic E-state index is 11.7. The predicted molar refractivity (Wildman–Crippen MR) is 65.6 cm³/mol. The quantitative estimate of drug-likeness (QED) is 0.704. The summed E-state index contributed by atoms with van der Waals surface area (Å²) in [7, 11) is -0.825. The predicted octanol–water partition coefficient (Wildman–Crippen LogP) is 0.362. The van der Waals surface area contributed by atoms with E-state index in [1.807, 2.05) is 20.8 Å². The molecule has 0 aromatic carbocycles. The number of carbonyl (C=O) groups is 1. The lowest BCUT2D eigenvalue weighted by Gasteiger charge is -2.22. The second kappa shape index (κ2) is 6.32. The summed E-state index contributed by atoms with van der Waals surface area (Å²) in [6.45, 7) is 6.25. The van der Waals surface area contributed by atoms with Gasteiger partial charge in [-0.25, -0.2) is 4.72 Å². The molecule has 0 aromatic rings. The number of nitrogens with one attached hydrogen (secondary N) is 1. The van der Waals surface area contributed by atoms with Crippen LogP contribution in [0.25, 0.3) is 0 Å². The van der Waals surface area contributed by atoms with Crippen LogP contribution in [0.4, 0.5) is 0 Å². The molecule has 0 spiro atoms. The van der Waals surface area contributed by atoms with E-state index in [0.717, 1.165) is 4.31 Å². The van der Waals surface area contributed by atoms with E-state index in [1.165, 1.54) is 14.2 Å². The molecule has 0 saturated carbocycles. The van der Waals surface area contributed by atoms with Gasteiger partial charge in [-0.3, -0.25) is 4.79 Å². The van der Waals surface area contributed by atoms with Gasteiger partial charge in [-0.1, -0.05) is 20.8 Å². The summed E-state index contributed by atoms with van der Waals surface area (Å²) >= 11 is 0. The van der Waals surface area contributed by atoms with Crippen molar-refractivity contribution in [1.82, 2.24) is 9.03 Å². The van der Waals surface area contributed by atoms with Crippen molar-refractivity contribution >= 4 is 16.2 Å². The maximum atomic E-state index is 11.7. The molecule has 0 fully saturated rings. The second-order valence-electron chi connectivity index (χ2n) is 5.03. The van der Waals surface area contributed by atoms with Crippen LogP contribution < -0.4 is 4.72 Å². The van der Waals surface area contributed by atoms with Gasteiger partial charge in [-0.15, -0.1) is 0 Å².